The van der Waals surface area contributed by atoms with Gasteiger partial charge in [-0.25, -0.2) is 0 Å². The molecule has 0 bridgehead atoms. The average molecular weight is 285 g/mol. The zero-order valence-corrected chi connectivity index (χ0v) is 12.7. The standard InChI is InChI=1S/C12H20AsNS/c1-5-13(15,6-2)11-8-7-9-12(10-11)14(3)4/h7-10H,5-6H2,1-4H3. The Kier molecular flexibility index (Phi) is 4.48. The molecule has 0 atom stereocenters. The van der Waals surface area contributed by atoms with Crippen LogP contribution < -0.4 is 9.25 Å². The molecule has 0 saturated heterocycles. The molecule has 1 nitrogen and oxygen atoms in total. The first-order chi connectivity index (χ1) is 7.03. The van der Waals surface area contributed by atoms with Gasteiger partial charge in [-0.15, -0.1) is 0 Å². The minimum atomic E-state index is -1.95. The van der Waals surface area contributed by atoms with E-state index in [1.807, 2.05) is 0 Å². The van der Waals surface area contributed by atoms with E-state index in [4.69, 9.17) is 10.4 Å². The Morgan fingerprint density at radius 2 is 1.80 bits per heavy atom. The maximum absolute atomic E-state index is 5.87. The summed E-state index contributed by atoms with van der Waals surface area (Å²) in [5.74, 6) is 0. The summed E-state index contributed by atoms with van der Waals surface area (Å²) in [5.41, 5.74) is 1.27. The Balaban J connectivity index is 3.15. The second kappa shape index (κ2) is 5.22. The van der Waals surface area contributed by atoms with Crippen LogP contribution in [0.4, 0.5) is 5.69 Å². The summed E-state index contributed by atoms with van der Waals surface area (Å²) in [5, 5.41) is 2.36. The molecule has 15 heavy (non-hydrogen) atoms. The normalized spacial score (nSPS) is 11.5. The third kappa shape index (κ3) is 2.89. The van der Waals surface area contributed by atoms with Crippen LogP contribution in [0.5, 0.6) is 0 Å². The first kappa shape index (κ1) is 12.9. The van der Waals surface area contributed by atoms with Gasteiger partial charge in [-0.3, -0.25) is 0 Å². The van der Waals surface area contributed by atoms with Gasteiger partial charge in [0.1, 0.15) is 0 Å². The van der Waals surface area contributed by atoms with Crippen LogP contribution in [0.2, 0.25) is 10.4 Å². The van der Waals surface area contributed by atoms with E-state index in [0.29, 0.717) is 0 Å². The molecule has 0 fully saturated rings. The molecule has 0 heterocycles. The Morgan fingerprint density at radius 1 is 1.20 bits per heavy atom. The molecule has 0 amide bonds. The van der Waals surface area contributed by atoms with Gasteiger partial charge in [0.05, 0.1) is 0 Å². The van der Waals surface area contributed by atoms with Gasteiger partial charge in [-0.1, -0.05) is 0 Å². The van der Waals surface area contributed by atoms with Crippen molar-refractivity contribution < 1.29 is 0 Å². The van der Waals surface area contributed by atoms with Gasteiger partial charge in [-0.05, 0) is 0 Å². The van der Waals surface area contributed by atoms with Crippen molar-refractivity contribution in [1.82, 2.24) is 0 Å². The summed E-state index contributed by atoms with van der Waals surface area (Å²) >= 11 is -1.95. The molecule has 0 N–H and O–H groups in total. The van der Waals surface area contributed by atoms with Gasteiger partial charge in [-0.2, -0.15) is 0 Å². The van der Waals surface area contributed by atoms with Crippen molar-refractivity contribution in [3.8, 4) is 0 Å². The number of hydrogen-bond donors (Lipinski definition) is 0. The fourth-order valence-corrected chi connectivity index (χ4v) is 6.20. The maximum atomic E-state index is 5.87. The molecule has 84 valence electrons. The molecule has 0 spiro atoms. The van der Waals surface area contributed by atoms with Gasteiger partial charge in [0, 0.05) is 0 Å². The molecule has 1 aromatic carbocycles. The number of anilines is 1. The van der Waals surface area contributed by atoms with Crippen LogP contribution in [0.3, 0.4) is 0 Å². The molecule has 0 aromatic heterocycles. The number of benzene rings is 1. The Labute approximate surface area is 99.7 Å². The molecule has 1 rings (SSSR count). The van der Waals surface area contributed by atoms with Gasteiger partial charge in [0.15, 0.2) is 0 Å². The second-order valence-corrected chi connectivity index (χ2v) is 15.0. The predicted molar refractivity (Wildman–Crippen MR) is 74.7 cm³/mol. The van der Waals surface area contributed by atoms with Crippen LogP contribution in [-0.2, 0) is 0 Å². The quantitative estimate of drug-likeness (QED) is 0.782. The topological polar surface area (TPSA) is 3.24 Å². The SMILES string of the molecule is CC[As](=S)(CC)c1cccc(N(C)C)c1. The minimum absolute atomic E-state index is 1.18. The molecule has 0 aliphatic carbocycles. The van der Waals surface area contributed by atoms with Gasteiger partial charge in [0.2, 0.25) is 0 Å². The van der Waals surface area contributed by atoms with Crippen molar-refractivity contribution in [2.45, 2.75) is 24.3 Å². The van der Waals surface area contributed by atoms with Crippen LogP contribution in [0, 0.1) is 0 Å². The summed E-state index contributed by atoms with van der Waals surface area (Å²) in [6, 6.07) is 8.79. The van der Waals surface area contributed by atoms with Crippen LogP contribution in [0.25, 0.3) is 0 Å². The monoisotopic (exact) mass is 285 g/mol. The van der Waals surface area contributed by atoms with E-state index in [2.05, 4.69) is 57.1 Å². The fraction of sp³-hybridized carbons (Fsp3) is 0.500. The summed E-state index contributed by atoms with van der Waals surface area (Å²) < 4.78 is 1.44. The number of hydrogen-bond acceptors (Lipinski definition) is 2. The Bertz CT molecular complexity index is 366. The van der Waals surface area contributed by atoms with Crippen molar-refractivity contribution in [3.05, 3.63) is 24.3 Å². The van der Waals surface area contributed by atoms with Gasteiger partial charge >= 0.3 is 99.8 Å². The third-order valence-corrected chi connectivity index (χ3v) is 13.5. The van der Waals surface area contributed by atoms with Crippen LogP contribution >= 0.6 is 10.4 Å². The molecule has 0 unspecified atom stereocenters. The molecule has 0 aliphatic rings. The first-order valence-corrected chi connectivity index (χ1v) is 11.6. The van der Waals surface area contributed by atoms with E-state index < -0.39 is 11.9 Å². The van der Waals surface area contributed by atoms with Crippen LogP contribution in [0.15, 0.2) is 24.3 Å². The van der Waals surface area contributed by atoms with Gasteiger partial charge < -0.3 is 0 Å². The number of rotatable bonds is 4. The Hall–Kier alpha value is -0.202. The Morgan fingerprint density at radius 3 is 2.27 bits per heavy atom. The van der Waals surface area contributed by atoms with E-state index in [0.717, 1.165) is 0 Å². The molecular weight excluding hydrogens is 265 g/mol. The van der Waals surface area contributed by atoms with Crippen molar-refractivity contribution in [2.24, 2.45) is 0 Å². The molecular formula is C12H20AsNS. The number of nitrogens with zero attached hydrogens (tertiary/aromatic N) is 1. The third-order valence-electron chi connectivity index (χ3n) is 2.84. The molecule has 3 heteroatoms. The predicted octanol–water partition coefficient (Wildman–Crippen LogP) is 3.14. The second-order valence-electron chi connectivity index (χ2n) is 3.94. The zero-order chi connectivity index (χ0) is 11.5. The molecule has 1 aromatic rings. The van der Waals surface area contributed by atoms with E-state index in [1.165, 1.54) is 20.5 Å². The summed E-state index contributed by atoms with van der Waals surface area (Å²) in [7, 11) is 10.0. The van der Waals surface area contributed by atoms with E-state index in [9.17, 15) is 0 Å². The summed E-state index contributed by atoms with van der Waals surface area (Å²) in [6.07, 6.45) is 0. The molecule has 0 aliphatic heterocycles. The van der Waals surface area contributed by atoms with Crippen molar-refractivity contribution in [3.63, 3.8) is 0 Å². The van der Waals surface area contributed by atoms with Crippen molar-refractivity contribution in [1.29, 1.82) is 0 Å². The molecule has 0 radical (unpaired) electrons. The van der Waals surface area contributed by atoms with Gasteiger partial charge in [0.25, 0.3) is 0 Å². The van der Waals surface area contributed by atoms with E-state index >= 15 is 0 Å². The average Bonchev–Trinajstić information content (AvgIpc) is 2.28. The van der Waals surface area contributed by atoms with Crippen LogP contribution in [-0.4, -0.2) is 26.0 Å². The fourth-order valence-electron chi connectivity index (χ4n) is 1.61. The first-order valence-electron chi connectivity index (χ1n) is 5.39. The summed E-state index contributed by atoms with van der Waals surface area (Å²) in [6.45, 7) is 4.48. The zero-order valence-electron chi connectivity index (χ0n) is 10.0. The van der Waals surface area contributed by atoms with E-state index in [-0.39, 0.29) is 0 Å². The van der Waals surface area contributed by atoms with Crippen molar-refractivity contribution >= 4 is 32.3 Å². The van der Waals surface area contributed by atoms with Crippen LogP contribution in [0.1, 0.15) is 13.8 Å². The summed E-state index contributed by atoms with van der Waals surface area (Å²) in [4.78, 5) is 2.14. The van der Waals surface area contributed by atoms with E-state index in [1.54, 1.807) is 0 Å². The van der Waals surface area contributed by atoms with Crippen molar-refractivity contribution in [2.75, 3.05) is 19.0 Å². The molecule has 0 saturated carbocycles.